The Morgan fingerprint density at radius 1 is 1.39 bits per heavy atom. The second-order valence-electron chi connectivity index (χ2n) is 5.20. The molecular weight excluding hydrogens is 224 g/mol. The maximum Gasteiger partial charge on any atom is 0.101 e. The lowest BCUT2D eigenvalue weighted by atomic mass is 9.91. The third-order valence-electron chi connectivity index (χ3n) is 3.84. The van der Waals surface area contributed by atoms with Crippen LogP contribution in [0.5, 0.6) is 0 Å². The van der Waals surface area contributed by atoms with E-state index in [-0.39, 0.29) is 6.10 Å². The second-order valence-corrected chi connectivity index (χ2v) is 5.20. The molecule has 0 saturated carbocycles. The van der Waals surface area contributed by atoms with Crippen LogP contribution in [0.25, 0.3) is 0 Å². The SMILES string of the molecule is Cc1ccc(C#N)c(N2CCC(C(C)O)CC2)c1. The summed E-state index contributed by atoms with van der Waals surface area (Å²) in [5.41, 5.74) is 2.97. The molecule has 1 saturated heterocycles. The van der Waals surface area contributed by atoms with E-state index in [1.807, 2.05) is 26.0 Å². The molecule has 1 N–H and O–H groups in total. The van der Waals surface area contributed by atoms with E-state index in [9.17, 15) is 5.11 Å². The third-order valence-corrected chi connectivity index (χ3v) is 3.84. The summed E-state index contributed by atoms with van der Waals surface area (Å²) in [6.07, 6.45) is 1.77. The Balaban J connectivity index is 2.14. The van der Waals surface area contributed by atoms with Gasteiger partial charge in [-0.3, -0.25) is 0 Å². The highest BCUT2D eigenvalue weighted by Crippen LogP contribution is 2.28. The topological polar surface area (TPSA) is 47.3 Å². The van der Waals surface area contributed by atoms with E-state index in [0.717, 1.165) is 37.2 Å². The highest BCUT2D eigenvalue weighted by molar-refractivity contribution is 5.60. The van der Waals surface area contributed by atoms with Gasteiger partial charge in [-0.2, -0.15) is 5.26 Å². The summed E-state index contributed by atoms with van der Waals surface area (Å²) in [7, 11) is 0. The molecule has 0 spiro atoms. The fourth-order valence-electron chi connectivity index (χ4n) is 2.62. The quantitative estimate of drug-likeness (QED) is 0.869. The van der Waals surface area contributed by atoms with Crippen LogP contribution in [0.15, 0.2) is 18.2 Å². The number of hydrogen-bond acceptors (Lipinski definition) is 3. The zero-order chi connectivity index (χ0) is 13.1. The van der Waals surface area contributed by atoms with Gasteiger partial charge in [0.1, 0.15) is 6.07 Å². The van der Waals surface area contributed by atoms with Crippen LogP contribution in [-0.2, 0) is 0 Å². The average molecular weight is 244 g/mol. The zero-order valence-electron chi connectivity index (χ0n) is 11.1. The fourth-order valence-corrected chi connectivity index (χ4v) is 2.62. The van der Waals surface area contributed by atoms with Crippen LogP contribution in [-0.4, -0.2) is 24.3 Å². The molecule has 1 heterocycles. The van der Waals surface area contributed by atoms with Crippen molar-refractivity contribution in [3.8, 4) is 6.07 Å². The highest BCUT2D eigenvalue weighted by atomic mass is 16.3. The molecule has 18 heavy (non-hydrogen) atoms. The summed E-state index contributed by atoms with van der Waals surface area (Å²) in [5, 5.41) is 18.8. The number of rotatable bonds is 2. The summed E-state index contributed by atoms with van der Waals surface area (Å²) >= 11 is 0. The van der Waals surface area contributed by atoms with Gasteiger partial charge in [0.15, 0.2) is 0 Å². The van der Waals surface area contributed by atoms with E-state index in [1.54, 1.807) is 0 Å². The number of hydrogen-bond donors (Lipinski definition) is 1. The van der Waals surface area contributed by atoms with Gasteiger partial charge in [0, 0.05) is 13.1 Å². The lowest BCUT2D eigenvalue weighted by Crippen LogP contribution is -2.37. The zero-order valence-corrected chi connectivity index (χ0v) is 11.1. The molecule has 1 aliphatic heterocycles. The molecule has 3 nitrogen and oxygen atoms in total. The average Bonchev–Trinajstić information content (AvgIpc) is 2.39. The van der Waals surface area contributed by atoms with Crippen LogP contribution >= 0.6 is 0 Å². The molecule has 2 rings (SSSR count). The van der Waals surface area contributed by atoms with Crippen molar-refractivity contribution >= 4 is 5.69 Å². The Labute approximate surface area is 109 Å². The van der Waals surface area contributed by atoms with E-state index >= 15 is 0 Å². The van der Waals surface area contributed by atoms with Gasteiger partial charge in [0.05, 0.1) is 17.4 Å². The van der Waals surface area contributed by atoms with Crippen molar-refractivity contribution < 1.29 is 5.11 Å². The molecule has 1 atom stereocenters. The molecular formula is C15H20N2O. The first-order valence-corrected chi connectivity index (χ1v) is 6.55. The van der Waals surface area contributed by atoms with Gasteiger partial charge < -0.3 is 10.0 Å². The van der Waals surface area contributed by atoms with Crippen LogP contribution in [0.4, 0.5) is 5.69 Å². The minimum atomic E-state index is -0.222. The Morgan fingerprint density at radius 2 is 2.06 bits per heavy atom. The van der Waals surface area contributed by atoms with E-state index in [1.165, 1.54) is 5.56 Å². The molecule has 0 aliphatic carbocycles. The van der Waals surface area contributed by atoms with Crippen molar-refractivity contribution in [1.29, 1.82) is 5.26 Å². The number of aliphatic hydroxyl groups excluding tert-OH is 1. The first kappa shape index (κ1) is 12.9. The number of anilines is 1. The number of aliphatic hydroxyl groups is 1. The maximum absolute atomic E-state index is 9.61. The summed E-state index contributed by atoms with van der Waals surface area (Å²) < 4.78 is 0. The van der Waals surface area contributed by atoms with E-state index < -0.39 is 0 Å². The molecule has 1 aromatic rings. The standard InChI is InChI=1S/C15H20N2O/c1-11-3-4-14(10-16)15(9-11)17-7-5-13(6-8-17)12(2)18/h3-4,9,12-13,18H,5-8H2,1-2H3. The Kier molecular flexibility index (Phi) is 3.88. The summed E-state index contributed by atoms with van der Waals surface area (Å²) in [6, 6.07) is 8.22. The Bertz CT molecular complexity index is 454. The predicted octanol–water partition coefficient (Wildman–Crippen LogP) is 2.46. The monoisotopic (exact) mass is 244 g/mol. The molecule has 1 unspecified atom stereocenters. The minimum absolute atomic E-state index is 0.222. The molecule has 0 bridgehead atoms. The van der Waals surface area contributed by atoms with Crippen LogP contribution in [0.3, 0.4) is 0 Å². The third kappa shape index (κ3) is 2.65. The van der Waals surface area contributed by atoms with Crippen molar-refractivity contribution in [2.24, 2.45) is 5.92 Å². The summed E-state index contributed by atoms with van der Waals surface area (Å²) in [6.45, 7) is 5.77. The number of aryl methyl sites for hydroxylation is 1. The van der Waals surface area contributed by atoms with Gasteiger partial charge in [0.25, 0.3) is 0 Å². The molecule has 0 aromatic heterocycles. The Morgan fingerprint density at radius 3 is 2.61 bits per heavy atom. The lowest BCUT2D eigenvalue weighted by Gasteiger charge is -2.35. The first-order valence-electron chi connectivity index (χ1n) is 6.55. The van der Waals surface area contributed by atoms with Crippen LogP contribution in [0.2, 0.25) is 0 Å². The largest absolute Gasteiger partial charge is 0.393 e. The lowest BCUT2D eigenvalue weighted by molar-refractivity contribution is 0.110. The molecule has 0 radical (unpaired) electrons. The predicted molar refractivity (Wildman–Crippen MR) is 72.5 cm³/mol. The normalized spacial score (nSPS) is 18.4. The van der Waals surface area contributed by atoms with Crippen molar-refractivity contribution in [1.82, 2.24) is 0 Å². The minimum Gasteiger partial charge on any atom is -0.393 e. The van der Waals surface area contributed by atoms with Crippen molar-refractivity contribution in [3.63, 3.8) is 0 Å². The Hall–Kier alpha value is -1.53. The van der Waals surface area contributed by atoms with Gasteiger partial charge in [-0.1, -0.05) is 6.07 Å². The van der Waals surface area contributed by atoms with Crippen molar-refractivity contribution in [2.75, 3.05) is 18.0 Å². The summed E-state index contributed by atoms with van der Waals surface area (Å²) in [4.78, 5) is 2.27. The summed E-state index contributed by atoms with van der Waals surface area (Å²) in [5.74, 6) is 0.400. The molecule has 3 heteroatoms. The van der Waals surface area contributed by atoms with Gasteiger partial charge in [-0.15, -0.1) is 0 Å². The molecule has 1 fully saturated rings. The van der Waals surface area contributed by atoms with Crippen LogP contribution in [0, 0.1) is 24.2 Å². The number of benzene rings is 1. The van der Waals surface area contributed by atoms with Gasteiger partial charge in [0.2, 0.25) is 0 Å². The van der Waals surface area contributed by atoms with Gasteiger partial charge >= 0.3 is 0 Å². The first-order chi connectivity index (χ1) is 8.61. The van der Waals surface area contributed by atoms with E-state index in [0.29, 0.717) is 5.92 Å². The van der Waals surface area contributed by atoms with Crippen LogP contribution in [0.1, 0.15) is 30.9 Å². The van der Waals surface area contributed by atoms with E-state index in [4.69, 9.17) is 5.26 Å². The molecule has 1 aromatic carbocycles. The number of piperidine rings is 1. The number of nitriles is 1. The molecule has 1 aliphatic rings. The molecule has 0 amide bonds. The highest BCUT2D eigenvalue weighted by Gasteiger charge is 2.23. The number of nitrogens with zero attached hydrogens (tertiary/aromatic N) is 2. The van der Waals surface area contributed by atoms with Crippen molar-refractivity contribution in [3.05, 3.63) is 29.3 Å². The fraction of sp³-hybridized carbons (Fsp3) is 0.533. The van der Waals surface area contributed by atoms with E-state index in [2.05, 4.69) is 17.0 Å². The smallest absolute Gasteiger partial charge is 0.101 e. The van der Waals surface area contributed by atoms with Crippen LogP contribution < -0.4 is 4.90 Å². The van der Waals surface area contributed by atoms with Gasteiger partial charge in [-0.25, -0.2) is 0 Å². The van der Waals surface area contributed by atoms with Crippen molar-refractivity contribution in [2.45, 2.75) is 32.8 Å². The molecule has 96 valence electrons. The maximum atomic E-state index is 9.61. The van der Waals surface area contributed by atoms with Gasteiger partial charge in [-0.05, 0) is 50.3 Å². The second kappa shape index (κ2) is 5.41.